The van der Waals surface area contributed by atoms with Crippen molar-refractivity contribution in [1.82, 2.24) is 4.90 Å². The van der Waals surface area contributed by atoms with Gasteiger partial charge in [0.25, 0.3) is 0 Å². The molecular formula is C10H18N2Si. The molecule has 72 valence electrons. The van der Waals surface area contributed by atoms with Crippen LogP contribution in [0, 0.1) is 11.3 Å². The summed E-state index contributed by atoms with van der Waals surface area (Å²) in [5, 5.41) is 8.61. The lowest BCUT2D eigenvalue weighted by molar-refractivity contribution is 0.583. The summed E-state index contributed by atoms with van der Waals surface area (Å²) < 4.78 is 0. The largest absolute Gasteiger partial charge is 0.280 e. The number of nitriles is 1. The van der Waals surface area contributed by atoms with Crippen LogP contribution in [-0.2, 0) is 0 Å². The predicted molar refractivity (Wildman–Crippen MR) is 58.3 cm³/mol. The summed E-state index contributed by atoms with van der Waals surface area (Å²) in [6.45, 7) is 13.0. The van der Waals surface area contributed by atoms with Gasteiger partial charge in [-0.05, 0) is 6.04 Å². The average molecular weight is 194 g/mol. The lowest BCUT2D eigenvalue weighted by Crippen LogP contribution is -2.22. The molecule has 0 aliphatic carbocycles. The van der Waals surface area contributed by atoms with Gasteiger partial charge in [0.2, 0.25) is 0 Å². The van der Waals surface area contributed by atoms with Crippen molar-refractivity contribution in [3.8, 4) is 6.07 Å². The molecule has 1 aliphatic heterocycles. The van der Waals surface area contributed by atoms with Crippen LogP contribution in [0.15, 0.2) is 12.2 Å². The van der Waals surface area contributed by atoms with E-state index >= 15 is 0 Å². The Bertz CT molecular complexity index is 247. The molecular weight excluding hydrogens is 176 g/mol. The molecule has 1 heterocycles. The van der Waals surface area contributed by atoms with E-state index in [4.69, 9.17) is 5.26 Å². The molecule has 13 heavy (non-hydrogen) atoms. The molecule has 1 rings (SSSR count). The molecule has 1 aliphatic rings. The normalized spacial score (nSPS) is 26.6. The summed E-state index contributed by atoms with van der Waals surface area (Å²) in [7, 11) is -1.00. The van der Waals surface area contributed by atoms with E-state index in [0.717, 1.165) is 13.1 Å². The third-order valence-corrected chi connectivity index (χ3v) is 3.63. The maximum absolute atomic E-state index is 8.61. The number of hydrogen-bond acceptors (Lipinski definition) is 2. The van der Waals surface area contributed by atoms with E-state index in [9.17, 15) is 0 Å². The minimum absolute atomic E-state index is 0.179. The average Bonchev–Trinajstić information content (AvgIpc) is 2.62. The Morgan fingerprint density at radius 3 is 2.62 bits per heavy atom. The molecule has 0 aromatic carbocycles. The fraction of sp³-hybridized carbons (Fsp3) is 0.700. The molecule has 0 amide bonds. The third kappa shape index (κ3) is 3.75. The van der Waals surface area contributed by atoms with Gasteiger partial charge in [0, 0.05) is 21.2 Å². The van der Waals surface area contributed by atoms with E-state index < -0.39 is 8.07 Å². The fourth-order valence-electron chi connectivity index (χ4n) is 1.57. The van der Waals surface area contributed by atoms with Gasteiger partial charge in [0.1, 0.15) is 6.04 Å². The van der Waals surface area contributed by atoms with Gasteiger partial charge in [-0.2, -0.15) is 5.26 Å². The summed E-state index contributed by atoms with van der Waals surface area (Å²) in [4.78, 5) is 2.17. The van der Waals surface area contributed by atoms with Gasteiger partial charge < -0.3 is 0 Å². The fourth-order valence-corrected chi connectivity index (χ4v) is 3.18. The summed E-state index contributed by atoms with van der Waals surface area (Å²) >= 11 is 0. The van der Waals surface area contributed by atoms with Gasteiger partial charge in [-0.15, -0.1) is 0 Å². The van der Waals surface area contributed by atoms with Crippen molar-refractivity contribution in [1.29, 1.82) is 5.26 Å². The van der Waals surface area contributed by atoms with Crippen LogP contribution in [0.3, 0.4) is 0 Å². The monoisotopic (exact) mass is 194 g/mol. The van der Waals surface area contributed by atoms with E-state index in [0.29, 0.717) is 0 Å². The number of nitrogens with zero attached hydrogens (tertiary/aromatic N) is 2. The first-order chi connectivity index (χ1) is 5.92. The van der Waals surface area contributed by atoms with Crippen LogP contribution in [0.1, 0.15) is 0 Å². The third-order valence-electron chi connectivity index (χ3n) is 2.07. The molecule has 1 saturated heterocycles. The summed E-state index contributed by atoms with van der Waals surface area (Å²) in [6, 6.07) is 3.61. The molecule has 0 bridgehead atoms. The Labute approximate surface area is 81.9 Å². The van der Waals surface area contributed by atoms with Crippen LogP contribution in [0.4, 0.5) is 0 Å². The van der Waals surface area contributed by atoms with Crippen molar-refractivity contribution in [2.75, 3.05) is 13.1 Å². The summed E-state index contributed by atoms with van der Waals surface area (Å²) in [5.74, 6) is 0. The highest BCUT2D eigenvalue weighted by molar-refractivity contribution is 6.76. The molecule has 0 aromatic heterocycles. The lowest BCUT2D eigenvalue weighted by atomic mass is 10.3. The minimum atomic E-state index is -1.00. The number of hydrogen-bond donors (Lipinski definition) is 0. The van der Waals surface area contributed by atoms with Gasteiger partial charge >= 0.3 is 0 Å². The molecule has 0 saturated carbocycles. The zero-order chi connectivity index (χ0) is 10.1. The van der Waals surface area contributed by atoms with E-state index in [-0.39, 0.29) is 6.04 Å². The second kappa shape index (κ2) is 3.65. The second-order valence-electron chi connectivity index (χ2n) is 5.06. The highest BCUT2D eigenvalue weighted by atomic mass is 28.3. The Hall–Kier alpha value is -0.593. The lowest BCUT2D eigenvalue weighted by Gasteiger charge is -2.17. The van der Waals surface area contributed by atoms with Crippen molar-refractivity contribution in [3.63, 3.8) is 0 Å². The van der Waals surface area contributed by atoms with Crippen LogP contribution in [-0.4, -0.2) is 32.1 Å². The van der Waals surface area contributed by atoms with Crippen molar-refractivity contribution in [2.24, 2.45) is 0 Å². The van der Waals surface area contributed by atoms with Crippen LogP contribution < -0.4 is 0 Å². The highest BCUT2D eigenvalue weighted by Gasteiger charge is 2.34. The quantitative estimate of drug-likeness (QED) is 0.389. The first-order valence-corrected chi connectivity index (χ1v) is 8.43. The Balaban J connectivity index is 2.25. The molecule has 2 unspecified atom stereocenters. The standard InChI is InChI=1S/C10H18N2Si/c1-9(8-13(2,3)4)6-12-7-10(12)5-11/h10H,1,6-8H2,2-4H3. The van der Waals surface area contributed by atoms with Crippen molar-refractivity contribution >= 4 is 8.07 Å². The Kier molecular flexibility index (Phi) is 2.94. The number of rotatable bonds is 4. The van der Waals surface area contributed by atoms with Crippen LogP contribution >= 0.6 is 0 Å². The van der Waals surface area contributed by atoms with Crippen molar-refractivity contribution in [3.05, 3.63) is 12.2 Å². The van der Waals surface area contributed by atoms with Crippen LogP contribution in [0.25, 0.3) is 0 Å². The molecule has 0 N–H and O–H groups in total. The Morgan fingerprint density at radius 1 is 1.62 bits per heavy atom. The van der Waals surface area contributed by atoms with E-state index in [1.165, 1.54) is 11.6 Å². The van der Waals surface area contributed by atoms with Gasteiger partial charge in [-0.3, -0.25) is 4.90 Å². The molecule has 0 radical (unpaired) electrons. The molecule has 1 fully saturated rings. The maximum atomic E-state index is 8.61. The van der Waals surface area contributed by atoms with Crippen molar-refractivity contribution in [2.45, 2.75) is 31.7 Å². The molecule has 3 heteroatoms. The first kappa shape index (κ1) is 10.5. The Morgan fingerprint density at radius 2 is 2.23 bits per heavy atom. The smallest absolute Gasteiger partial charge is 0.111 e. The highest BCUT2D eigenvalue weighted by Crippen LogP contribution is 2.22. The predicted octanol–water partition coefficient (Wildman–Crippen LogP) is 2.09. The van der Waals surface area contributed by atoms with Crippen LogP contribution in [0.2, 0.25) is 25.7 Å². The molecule has 2 nitrogen and oxygen atoms in total. The van der Waals surface area contributed by atoms with Crippen LogP contribution in [0.5, 0.6) is 0 Å². The zero-order valence-corrected chi connectivity index (χ0v) is 9.80. The molecule has 0 spiro atoms. The van der Waals surface area contributed by atoms with Crippen molar-refractivity contribution < 1.29 is 0 Å². The van der Waals surface area contributed by atoms with Gasteiger partial charge in [-0.25, -0.2) is 0 Å². The van der Waals surface area contributed by atoms with Gasteiger partial charge in [-0.1, -0.05) is 31.8 Å². The zero-order valence-electron chi connectivity index (χ0n) is 8.80. The SMILES string of the molecule is C=C(CN1CC1C#N)C[Si](C)(C)C. The summed E-state index contributed by atoms with van der Waals surface area (Å²) in [5.41, 5.74) is 1.30. The maximum Gasteiger partial charge on any atom is 0.111 e. The van der Waals surface area contributed by atoms with E-state index in [1.54, 1.807) is 0 Å². The second-order valence-corrected chi connectivity index (χ2v) is 10.5. The van der Waals surface area contributed by atoms with Gasteiger partial charge in [0.15, 0.2) is 0 Å². The molecule has 0 aromatic rings. The van der Waals surface area contributed by atoms with E-state index in [1.807, 2.05) is 0 Å². The van der Waals surface area contributed by atoms with E-state index in [2.05, 4.69) is 37.2 Å². The first-order valence-electron chi connectivity index (χ1n) is 4.73. The minimum Gasteiger partial charge on any atom is -0.280 e. The molecule has 2 atom stereocenters. The topological polar surface area (TPSA) is 26.8 Å². The summed E-state index contributed by atoms with van der Waals surface area (Å²) in [6.07, 6.45) is 0. The van der Waals surface area contributed by atoms with Gasteiger partial charge in [0.05, 0.1) is 6.07 Å².